The fourth-order valence-corrected chi connectivity index (χ4v) is 1.77. The van der Waals surface area contributed by atoms with Gasteiger partial charge in [-0.2, -0.15) is 13.2 Å². The standard InChI is InChI=1S/C9H12F3N3O2S/c1-3-17-6(16)4-5-15(2)8-14-13-7(18-8)9(10,11)12/h3-5H2,1-2H3. The predicted octanol–water partition coefficient (Wildman–Crippen LogP) is 1.95. The maximum Gasteiger partial charge on any atom is 0.445 e. The molecule has 0 bridgehead atoms. The smallest absolute Gasteiger partial charge is 0.445 e. The number of hydrogen-bond acceptors (Lipinski definition) is 6. The normalized spacial score (nSPS) is 11.4. The van der Waals surface area contributed by atoms with Gasteiger partial charge in [-0.15, -0.1) is 10.2 Å². The number of rotatable bonds is 5. The van der Waals surface area contributed by atoms with Crippen LogP contribution in [0, 0.1) is 0 Å². The second-order valence-electron chi connectivity index (χ2n) is 3.36. The molecule has 9 heteroatoms. The van der Waals surface area contributed by atoms with Crippen molar-refractivity contribution < 1.29 is 22.7 Å². The third kappa shape index (κ3) is 4.13. The van der Waals surface area contributed by atoms with Gasteiger partial charge in [-0.1, -0.05) is 11.3 Å². The van der Waals surface area contributed by atoms with Crippen LogP contribution in [0.3, 0.4) is 0 Å². The van der Waals surface area contributed by atoms with Gasteiger partial charge < -0.3 is 9.64 Å². The van der Waals surface area contributed by atoms with E-state index in [1.54, 1.807) is 14.0 Å². The molecule has 0 aliphatic heterocycles. The van der Waals surface area contributed by atoms with Gasteiger partial charge in [0.15, 0.2) is 0 Å². The van der Waals surface area contributed by atoms with Crippen LogP contribution in [0.2, 0.25) is 0 Å². The molecule has 18 heavy (non-hydrogen) atoms. The van der Waals surface area contributed by atoms with E-state index >= 15 is 0 Å². The number of carbonyl (C=O) groups excluding carboxylic acids is 1. The highest BCUT2D eigenvalue weighted by atomic mass is 32.1. The lowest BCUT2D eigenvalue weighted by Gasteiger charge is -2.13. The summed E-state index contributed by atoms with van der Waals surface area (Å²) >= 11 is 0.440. The van der Waals surface area contributed by atoms with Crippen LogP contribution in [0.25, 0.3) is 0 Å². The molecule has 0 aliphatic rings. The summed E-state index contributed by atoms with van der Waals surface area (Å²) < 4.78 is 41.6. The summed E-state index contributed by atoms with van der Waals surface area (Å²) in [5.74, 6) is -0.398. The number of esters is 1. The molecule has 1 rings (SSSR count). The van der Waals surface area contributed by atoms with Crippen LogP contribution in [-0.4, -0.2) is 36.4 Å². The van der Waals surface area contributed by atoms with Gasteiger partial charge in [0, 0.05) is 13.6 Å². The Labute approximate surface area is 106 Å². The van der Waals surface area contributed by atoms with Gasteiger partial charge in [-0.05, 0) is 6.92 Å². The van der Waals surface area contributed by atoms with Crippen molar-refractivity contribution in [1.29, 1.82) is 0 Å². The highest BCUT2D eigenvalue weighted by Crippen LogP contribution is 2.33. The van der Waals surface area contributed by atoms with Crippen LogP contribution >= 0.6 is 11.3 Å². The van der Waals surface area contributed by atoms with Gasteiger partial charge >= 0.3 is 12.1 Å². The zero-order valence-corrected chi connectivity index (χ0v) is 10.6. The van der Waals surface area contributed by atoms with Gasteiger partial charge in [0.25, 0.3) is 0 Å². The van der Waals surface area contributed by atoms with E-state index in [1.807, 2.05) is 0 Å². The third-order valence-electron chi connectivity index (χ3n) is 1.94. The van der Waals surface area contributed by atoms with Crippen molar-refractivity contribution in [2.75, 3.05) is 25.1 Å². The molecule has 0 saturated heterocycles. The van der Waals surface area contributed by atoms with Gasteiger partial charge in [0.1, 0.15) is 0 Å². The molecule has 0 spiro atoms. The van der Waals surface area contributed by atoms with Crippen molar-refractivity contribution in [3.63, 3.8) is 0 Å². The molecule has 0 atom stereocenters. The van der Waals surface area contributed by atoms with E-state index in [0.29, 0.717) is 11.3 Å². The fourth-order valence-electron chi connectivity index (χ4n) is 1.07. The molecule has 0 amide bonds. The van der Waals surface area contributed by atoms with E-state index in [2.05, 4.69) is 10.2 Å². The Balaban J connectivity index is 2.54. The third-order valence-corrected chi connectivity index (χ3v) is 3.02. The van der Waals surface area contributed by atoms with Crippen LogP contribution in [0.4, 0.5) is 18.3 Å². The molecular formula is C9H12F3N3O2S. The minimum atomic E-state index is -4.49. The van der Waals surface area contributed by atoms with E-state index in [4.69, 9.17) is 4.74 Å². The first-order valence-electron chi connectivity index (χ1n) is 5.12. The first-order valence-corrected chi connectivity index (χ1v) is 5.93. The Morgan fingerprint density at radius 1 is 1.44 bits per heavy atom. The highest BCUT2D eigenvalue weighted by Gasteiger charge is 2.36. The maximum absolute atomic E-state index is 12.3. The first kappa shape index (κ1) is 14.7. The largest absolute Gasteiger partial charge is 0.466 e. The Bertz CT molecular complexity index is 408. The van der Waals surface area contributed by atoms with Gasteiger partial charge in [-0.3, -0.25) is 4.79 Å². The Kier molecular flexibility index (Phi) is 4.88. The zero-order valence-electron chi connectivity index (χ0n) is 9.82. The molecule has 0 fully saturated rings. The molecule has 1 aromatic rings. The van der Waals surface area contributed by atoms with E-state index < -0.39 is 17.2 Å². The topological polar surface area (TPSA) is 55.3 Å². The molecule has 1 aromatic heterocycles. The average molecular weight is 283 g/mol. The van der Waals surface area contributed by atoms with Crippen molar-refractivity contribution in [2.45, 2.75) is 19.5 Å². The Hall–Kier alpha value is -1.38. The second kappa shape index (κ2) is 5.98. The van der Waals surface area contributed by atoms with Gasteiger partial charge in [0.05, 0.1) is 13.0 Å². The lowest BCUT2D eigenvalue weighted by molar-refractivity contribution is -0.143. The quantitative estimate of drug-likeness (QED) is 0.773. The van der Waals surface area contributed by atoms with E-state index in [9.17, 15) is 18.0 Å². The van der Waals surface area contributed by atoms with Crippen molar-refractivity contribution in [3.05, 3.63) is 5.01 Å². The number of anilines is 1. The van der Waals surface area contributed by atoms with E-state index in [0.717, 1.165) is 0 Å². The minimum absolute atomic E-state index is 0.0886. The molecule has 0 aliphatic carbocycles. The van der Waals surface area contributed by atoms with Crippen LogP contribution in [0.1, 0.15) is 18.4 Å². The summed E-state index contributed by atoms with van der Waals surface area (Å²) in [6, 6.07) is 0. The average Bonchev–Trinajstić information content (AvgIpc) is 2.75. The summed E-state index contributed by atoms with van der Waals surface area (Å²) in [7, 11) is 1.54. The molecule has 0 unspecified atom stereocenters. The van der Waals surface area contributed by atoms with E-state index in [1.165, 1.54) is 4.90 Å². The number of ether oxygens (including phenoxy) is 1. The maximum atomic E-state index is 12.3. The first-order chi connectivity index (χ1) is 8.34. The number of hydrogen-bond donors (Lipinski definition) is 0. The summed E-state index contributed by atoms with van der Waals surface area (Å²) in [5.41, 5.74) is 0. The summed E-state index contributed by atoms with van der Waals surface area (Å²) in [5, 5.41) is 5.60. The second-order valence-corrected chi connectivity index (χ2v) is 4.32. The minimum Gasteiger partial charge on any atom is -0.466 e. The van der Waals surface area contributed by atoms with Crippen molar-refractivity contribution in [2.24, 2.45) is 0 Å². The molecule has 102 valence electrons. The van der Waals surface area contributed by atoms with Crippen molar-refractivity contribution in [3.8, 4) is 0 Å². The van der Waals surface area contributed by atoms with Crippen molar-refractivity contribution in [1.82, 2.24) is 10.2 Å². The van der Waals surface area contributed by atoms with Crippen molar-refractivity contribution >= 4 is 22.4 Å². The lowest BCUT2D eigenvalue weighted by Crippen LogP contribution is -2.21. The molecular weight excluding hydrogens is 271 g/mol. The summed E-state index contributed by atoms with van der Waals surface area (Å²) in [4.78, 5) is 12.5. The summed E-state index contributed by atoms with van der Waals surface area (Å²) in [6.45, 7) is 2.19. The fraction of sp³-hybridized carbons (Fsp3) is 0.667. The number of halogens is 3. The highest BCUT2D eigenvalue weighted by molar-refractivity contribution is 7.15. The molecule has 5 nitrogen and oxygen atoms in total. The molecule has 0 aromatic carbocycles. The molecule has 0 saturated carbocycles. The molecule has 0 radical (unpaired) electrons. The molecule has 0 N–H and O–H groups in total. The number of aromatic nitrogens is 2. The zero-order chi connectivity index (χ0) is 13.8. The van der Waals surface area contributed by atoms with Crippen LogP contribution in [-0.2, 0) is 15.7 Å². The van der Waals surface area contributed by atoms with Crippen LogP contribution in [0.15, 0.2) is 0 Å². The lowest BCUT2D eigenvalue weighted by atomic mass is 10.4. The monoisotopic (exact) mass is 283 g/mol. The number of carbonyl (C=O) groups is 1. The Morgan fingerprint density at radius 2 is 2.11 bits per heavy atom. The van der Waals surface area contributed by atoms with Gasteiger partial charge in [-0.25, -0.2) is 0 Å². The SMILES string of the molecule is CCOC(=O)CCN(C)c1nnc(C(F)(F)F)s1. The summed E-state index contributed by atoms with van der Waals surface area (Å²) in [6.07, 6.45) is -4.40. The van der Waals surface area contributed by atoms with E-state index in [-0.39, 0.29) is 24.7 Å². The van der Waals surface area contributed by atoms with Gasteiger partial charge in [0.2, 0.25) is 10.1 Å². The number of nitrogens with zero attached hydrogens (tertiary/aromatic N) is 3. The predicted molar refractivity (Wildman–Crippen MR) is 59.4 cm³/mol. The Morgan fingerprint density at radius 3 is 2.61 bits per heavy atom. The van der Waals surface area contributed by atoms with Crippen LogP contribution in [0.5, 0.6) is 0 Å². The van der Waals surface area contributed by atoms with Crippen LogP contribution < -0.4 is 4.90 Å². The molecule has 1 heterocycles. The number of alkyl halides is 3.